The molecule has 2 N–H and O–H groups in total. The number of rotatable bonds is 5. The molecule has 1 aliphatic heterocycles. The van der Waals surface area contributed by atoms with Crippen LogP contribution < -0.4 is 4.90 Å². The van der Waals surface area contributed by atoms with Gasteiger partial charge in [0, 0.05) is 12.7 Å². The summed E-state index contributed by atoms with van der Waals surface area (Å²) in [6, 6.07) is 3.39. The van der Waals surface area contributed by atoms with Crippen LogP contribution in [0.2, 0.25) is 0 Å². The topological polar surface area (TPSA) is 105 Å². The number of phenolic OH excluding ortho intramolecular Hbond substituents is 1. The number of aliphatic hydroxyl groups is 1. The summed E-state index contributed by atoms with van der Waals surface area (Å²) in [6.07, 6.45) is 1.57. The Labute approximate surface area is 185 Å². The number of allylic oxidation sites excluding steroid dienone is 1. The Morgan fingerprint density at radius 2 is 2.10 bits per heavy atom. The molecule has 3 rings (SSSR count). The molecule has 0 aliphatic carbocycles. The van der Waals surface area contributed by atoms with E-state index in [1.807, 2.05) is 31.9 Å². The number of thiazole rings is 1. The molecule has 1 aliphatic rings. The summed E-state index contributed by atoms with van der Waals surface area (Å²) in [7, 11) is 1.94. The third-order valence-corrected chi connectivity index (χ3v) is 6.02. The van der Waals surface area contributed by atoms with Crippen LogP contribution in [0.4, 0.5) is 9.93 Å². The number of hydrogen-bond donors (Lipinski definition) is 2. The Kier molecular flexibility index (Phi) is 6.44. The first-order valence-corrected chi connectivity index (χ1v) is 10.7. The number of fused-ring (bicyclic) bond motifs is 1. The first-order chi connectivity index (χ1) is 14.5. The summed E-state index contributed by atoms with van der Waals surface area (Å²) in [5.74, 6) is 0.281. The van der Waals surface area contributed by atoms with Crippen LogP contribution >= 0.6 is 11.3 Å². The molecular formula is C21H28N6O3S. The smallest absolute Gasteiger partial charge is 0.328 e. The maximum absolute atomic E-state index is 12.8. The summed E-state index contributed by atoms with van der Waals surface area (Å²) in [6.45, 7) is 12.0. The van der Waals surface area contributed by atoms with Gasteiger partial charge in [-0.25, -0.2) is 19.8 Å². The Morgan fingerprint density at radius 3 is 2.71 bits per heavy atom. The minimum Gasteiger partial charge on any atom is -0.506 e. The van der Waals surface area contributed by atoms with E-state index >= 15 is 0 Å². The van der Waals surface area contributed by atoms with Crippen molar-refractivity contribution in [2.75, 3.05) is 31.8 Å². The molecule has 1 saturated heterocycles. The second kappa shape index (κ2) is 8.74. The summed E-state index contributed by atoms with van der Waals surface area (Å²) in [5.41, 5.74) is 0.861. The molecule has 0 unspecified atom stereocenters. The highest BCUT2D eigenvalue weighted by Gasteiger charge is 2.31. The fraction of sp³-hybridized carbons (Fsp3) is 0.429. The van der Waals surface area contributed by atoms with E-state index in [1.165, 1.54) is 11.3 Å². The molecule has 2 amide bonds. The van der Waals surface area contributed by atoms with Crippen LogP contribution in [0, 0.1) is 0 Å². The van der Waals surface area contributed by atoms with Gasteiger partial charge in [0.15, 0.2) is 11.0 Å². The molecule has 0 spiro atoms. The van der Waals surface area contributed by atoms with Gasteiger partial charge in [0.05, 0.1) is 23.6 Å². The van der Waals surface area contributed by atoms with Crippen molar-refractivity contribution in [3.05, 3.63) is 23.9 Å². The van der Waals surface area contributed by atoms with Crippen molar-refractivity contribution in [1.29, 1.82) is 0 Å². The highest BCUT2D eigenvalue weighted by molar-refractivity contribution is 7.22. The Hall–Kier alpha value is -2.82. The molecule has 0 radical (unpaired) electrons. The van der Waals surface area contributed by atoms with Gasteiger partial charge >= 0.3 is 6.03 Å². The number of carbonyl (C=O) groups is 1. The molecule has 166 valence electrons. The zero-order valence-electron chi connectivity index (χ0n) is 18.5. The van der Waals surface area contributed by atoms with E-state index in [0.29, 0.717) is 35.2 Å². The SMILES string of the molecule is C=NC(=N/C=C(\C)c1cc(O)c2sc(N3CN(C)CN(CC)C3=O)nc2c1)C(C)(C)O. The molecule has 2 heterocycles. The molecule has 1 aromatic heterocycles. The van der Waals surface area contributed by atoms with Crippen LogP contribution in [-0.2, 0) is 0 Å². The van der Waals surface area contributed by atoms with Gasteiger partial charge in [0.1, 0.15) is 11.4 Å². The number of hydrogen-bond acceptors (Lipinski definition) is 7. The fourth-order valence-electron chi connectivity index (χ4n) is 3.22. The zero-order valence-corrected chi connectivity index (χ0v) is 19.3. The molecule has 0 saturated carbocycles. The number of anilines is 1. The monoisotopic (exact) mass is 444 g/mol. The van der Waals surface area contributed by atoms with Crippen molar-refractivity contribution in [2.45, 2.75) is 33.3 Å². The molecule has 31 heavy (non-hydrogen) atoms. The summed E-state index contributed by atoms with van der Waals surface area (Å²) < 4.78 is 0.615. The summed E-state index contributed by atoms with van der Waals surface area (Å²) in [5, 5.41) is 21.2. The number of carbonyl (C=O) groups excluding carboxylic acids is 1. The van der Waals surface area contributed by atoms with E-state index in [2.05, 4.69) is 21.7 Å². The van der Waals surface area contributed by atoms with Crippen molar-refractivity contribution < 1.29 is 15.0 Å². The minimum atomic E-state index is -1.21. The van der Waals surface area contributed by atoms with Gasteiger partial charge < -0.3 is 15.1 Å². The average Bonchev–Trinajstić information content (AvgIpc) is 3.13. The Bertz CT molecular complexity index is 1070. The second-order valence-corrected chi connectivity index (χ2v) is 9.01. The van der Waals surface area contributed by atoms with Gasteiger partial charge in [0.2, 0.25) is 0 Å². The van der Waals surface area contributed by atoms with E-state index in [9.17, 15) is 15.0 Å². The molecule has 0 atom stereocenters. The number of amides is 2. The van der Waals surface area contributed by atoms with Gasteiger partial charge in [-0.1, -0.05) is 11.3 Å². The maximum atomic E-state index is 12.8. The molecule has 0 bridgehead atoms. The van der Waals surface area contributed by atoms with Gasteiger partial charge in [-0.05, 0) is 64.7 Å². The number of aromatic hydroxyl groups is 1. The Morgan fingerprint density at radius 1 is 1.39 bits per heavy atom. The predicted octanol–water partition coefficient (Wildman–Crippen LogP) is 3.34. The number of amidine groups is 1. The van der Waals surface area contributed by atoms with Crippen molar-refractivity contribution in [3.8, 4) is 5.75 Å². The molecule has 1 fully saturated rings. The van der Waals surface area contributed by atoms with Crippen molar-refractivity contribution in [2.24, 2.45) is 9.98 Å². The highest BCUT2D eigenvalue weighted by atomic mass is 32.1. The van der Waals surface area contributed by atoms with Gasteiger partial charge in [-0.3, -0.25) is 9.80 Å². The van der Waals surface area contributed by atoms with Gasteiger partial charge in [-0.2, -0.15) is 0 Å². The standard InChI is InChI=1S/C21H28N6O3S/c1-7-26-11-25(6)12-27(20(26)29)19-24-15-8-14(9-16(28)17(15)31-19)13(2)10-23-18(22-5)21(3,4)30/h8-10,28,30H,5,7,11-12H2,1-4,6H3/b13-10+,23-18?. The van der Waals surface area contributed by atoms with Crippen molar-refractivity contribution in [1.82, 2.24) is 14.8 Å². The lowest BCUT2D eigenvalue weighted by Gasteiger charge is -2.38. The largest absolute Gasteiger partial charge is 0.506 e. The third-order valence-electron chi connectivity index (χ3n) is 4.90. The molecular weight excluding hydrogens is 416 g/mol. The number of phenols is 1. The molecule has 2 aromatic rings. The van der Waals surface area contributed by atoms with Gasteiger partial charge in [-0.15, -0.1) is 0 Å². The predicted molar refractivity (Wildman–Crippen MR) is 126 cm³/mol. The zero-order chi connectivity index (χ0) is 22.9. The normalized spacial score (nSPS) is 17.0. The summed E-state index contributed by atoms with van der Waals surface area (Å²) >= 11 is 1.28. The fourth-order valence-corrected chi connectivity index (χ4v) is 4.16. The van der Waals surface area contributed by atoms with Crippen LogP contribution in [0.25, 0.3) is 15.8 Å². The highest BCUT2D eigenvalue weighted by Crippen LogP contribution is 2.38. The van der Waals surface area contributed by atoms with E-state index in [1.54, 1.807) is 35.9 Å². The second-order valence-electron chi connectivity index (χ2n) is 8.03. The minimum absolute atomic E-state index is 0.0858. The first kappa shape index (κ1) is 22.9. The lowest BCUT2D eigenvalue weighted by Crippen LogP contribution is -2.56. The van der Waals surface area contributed by atoms with Gasteiger partial charge in [0.25, 0.3) is 0 Å². The molecule has 10 heteroatoms. The summed E-state index contributed by atoms with van der Waals surface area (Å²) in [4.78, 5) is 30.8. The van der Waals surface area contributed by atoms with Crippen LogP contribution in [0.3, 0.4) is 0 Å². The lowest BCUT2D eigenvalue weighted by atomic mass is 10.1. The molecule has 1 aromatic carbocycles. The van der Waals surface area contributed by atoms with E-state index in [-0.39, 0.29) is 17.6 Å². The first-order valence-electron chi connectivity index (χ1n) is 9.88. The average molecular weight is 445 g/mol. The third kappa shape index (κ3) is 4.76. The quantitative estimate of drug-likeness (QED) is 0.544. The number of urea groups is 1. The maximum Gasteiger partial charge on any atom is 0.328 e. The number of aliphatic imine (C=N–C) groups is 2. The van der Waals surface area contributed by atoms with Crippen LogP contribution in [0.1, 0.15) is 33.3 Å². The lowest BCUT2D eigenvalue weighted by molar-refractivity contribution is 0.136. The van der Waals surface area contributed by atoms with Crippen LogP contribution in [0.5, 0.6) is 5.75 Å². The van der Waals surface area contributed by atoms with E-state index in [0.717, 1.165) is 11.1 Å². The molecule has 9 nitrogen and oxygen atoms in total. The van der Waals surface area contributed by atoms with Crippen molar-refractivity contribution >= 4 is 50.8 Å². The van der Waals surface area contributed by atoms with E-state index < -0.39 is 5.60 Å². The number of nitrogens with zero attached hydrogens (tertiary/aromatic N) is 6. The Balaban J connectivity index is 1.98. The van der Waals surface area contributed by atoms with Crippen LogP contribution in [-0.4, -0.2) is 76.1 Å². The van der Waals surface area contributed by atoms with Crippen molar-refractivity contribution in [3.63, 3.8) is 0 Å². The number of benzene rings is 1. The van der Waals surface area contributed by atoms with E-state index in [4.69, 9.17) is 0 Å². The van der Waals surface area contributed by atoms with Crippen LogP contribution in [0.15, 0.2) is 28.3 Å². The number of aromatic nitrogens is 1.